The number of carboxylic acid groups (broad SMARTS) is 1. The summed E-state index contributed by atoms with van der Waals surface area (Å²) in [5.41, 5.74) is 7.23. The minimum atomic E-state index is -1.28. The Hall–Kier alpha value is -5.20. The van der Waals surface area contributed by atoms with Gasteiger partial charge in [0.05, 0.1) is 0 Å². The highest BCUT2D eigenvalue weighted by atomic mass is 32.2. The molecule has 2 aliphatic rings. The van der Waals surface area contributed by atoms with E-state index >= 15 is 0 Å². The van der Waals surface area contributed by atoms with Gasteiger partial charge in [0.25, 0.3) is 11.8 Å². The SMILES string of the molecule is C=CC1=C(C(=O)O)N2C(=O)C(NC(=O)/C(=N\OC(c3ccccc3)(c3ccccc3)c3ccccc3)c3csc(N)n3)[C@@H]2SC1. The number of thioether (sulfide) groups is 1. The molecule has 226 valence electrons. The van der Waals surface area contributed by atoms with E-state index in [2.05, 4.69) is 22.0 Å². The van der Waals surface area contributed by atoms with E-state index in [4.69, 9.17) is 10.6 Å². The van der Waals surface area contributed by atoms with Gasteiger partial charge in [-0.2, -0.15) is 0 Å². The van der Waals surface area contributed by atoms with Crippen molar-refractivity contribution in [3.63, 3.8) is 0 Å². The Balaban J connectivity index is 1.40. The van der Waals surface area contributed by atoms with Crippen molar-refractivity contribution >= 4 is 51.7 Å². The van der Waals surface area contributed by atoms with E-state index in [9.17, 15) is 19.5 Å². The smallest absolute Gasteiger partial charge is 0.352 e. The van der Waals surface area contributed by atoms with E-state index in [0.717, 1.165) is 28.0 Å². The molecular weight excluding hydrogens is 611 g/mol. The van der Waals surface area contributed by atoms with Crippen LogP contribution in [0.5, 0.6) is 0 Å². The molecule has 0 aliphatic carbocycles. The maximum Gasteiger partial charge on any atom is 0.352 e. The molecule has 1 saturated heterocycles. The number of hydrogen-bond acceptors (Lipinski definition) is 9. The maximum absolute atomic E-state index is 13.9. The number of thiazole rings is 1. The van der Waals surface area contributed by atoms with Crippen LogP contribution in [-0.2, 0) is 24.8 Å². The Morgan fingerprint density at radius 1 is 1.02 bits per heavy atom. The lowest BCUT2D eigenvalue weighted by atomic mass is 9.80. The molecule has 45 heavy (non-hydrogen) atoms. The molecule has 3 aromatic carbocycles. The number of nitrogen functional groups attached to an aromatic ring is 1. The largest absolute Gasteiger partial charge is 0.477 e. The molecule has 4 aromatic rings. The second-order valence-corrected chi connectivity index (χ2v) is 12.1. The zero-order chi connectivity index (χ0) is 31.6. The third-order valence-electron chi connectivity index (χ3n) is 7.53. The van der Waals surface area contributed by atoms with Crippen LogP contribution in [0, 0.1) is 0 Å². The third kappa shape index (κ3) is 5.38. The van der Waals surface area contributed by atoms with Gasteiger partial charge in [0.1, 0.15) is 22.8 Å². The number of carbonyl (C=O) groups is 3. The highest BCUT2D eigenvalue weighted by molar-refractivity contribution is 8.00. The number of nitrogens with two attached hydrogens (primary N) is 1. The first kappa shape index (κ1) is 29.9. The van der Waals surface area contributed by atoms with Gasteiger partial charge < -0.3 is 21.0 Å². The van der Waals surface area contributed by atoms with Crippen molar-refractivity contribution in [2.75, 3.05) is 11.5 Å². The first-order valence-electron chi connectivity index (χ1n) is 13.8. The quantitative estimate of drug-likeness (QED) is 0.101. The summed E-state index contributed by atoms with van der Waals surface area (Å²) in [6.07, 6.45) is 1.43. The van der Waals surface area contributed by atoms with E-state index in [1.807, 2.05) is 91.0 Å². The normalized spacial score (nSPS) is 18.1. The molecule has 1 unspecified atom stereocenters. The summed E-state index contributed by atoms with van der Waals surface area (Å²) < 4.78 is 0. The number of fused-ring (bicyclic) bond motifs is 1. The molecule has 0 saturated carbocycles. The van der Waals surface area contributed by atoms with E-state index in [1.54, 1.807) is 5.38 Å². The Bertz CT molecular complexity index is 1730. The number of nitrogens with one attached hydrogen (secondary N) is 1. The van der Waals surface area contributed by atoms with Gasteiger partial charge in [-0.15, -0.1) is 23.1 Å². The van der Waals surface area contributed by atoms with Crippen molar-refractivity contribution < 1.29 is 24.3 Å². The summed E-state index contributed by atoms with van der Waals surface area (Å²) in [5, 5.41) is 18.2. The molecule has 1 fully saturated rings. The van der Waals surface area contributed by atoms with Crippen LogP contribution in [0.2, 0.25) is 0 Å². The number of aliphatic carboxylic acids is 1. The number of oxime groups is 1. The van der Waals surface area contributed by atoms with Crippen LogP contribution in [0.25, 0.3) is 0 Å². The van der Waals surface area contributed by atoms with Gasteiger partial charge in [0, 0.05) is 27.8 Å². The predicted octanol–water partition coefficient (Wildman–Crippen LogP) is 4.36. The predicted molar refractivity (Wildman–Crippen MR) is 173 cm³/mol. The molecule has 10 nitrogen and oxygen atoms in total. The fourth-order valence-electron chi connectivity index (χ4n) is 5.40. The Morgan fingerprint density at radius 3 is 2.04 bits per heavy atom. The van der Waals surface area contributed by atoms with Gasteiger partial charge in [-0.05, 0) is 5.57 Å². The van der Waals surface area contributed by atoms with Crippen molar-refractivity contribution in [1.29, 1.82) is 0 Å². The topological polar surface area (TPSA) is 147 Å². The van der Waals surface area contributed by atoms with Gasteiger partial charge in [-0.3, -0.25) is 14.5 Å². The Morgan fingerprint density at radius 2 is 1.58 bits per heavy atom. The summed E-state index contributed by atoms with van der Waals surface area (Å²) in [6, 6.07) is 27.6. The second kappa shape index (κ2) is 12.4. The number of hydrogen-bond donors (Lipinski definition) is 3. The van der Waals surface area contributed by atoms with E-state index in [-0.39, 0.29) is 22.2 Å². The van der Waals surface area contributed by atoms with E-state index < -0.39 is 34.8 Å². The fraction of sp³-hybridized carbons (Fsp3) is 0.121. The lowest BCUT2D eigenvalue weighted by Crippen LogP contribution is -2.71. The van der Waals surface area contributed by atoms with Crippen LogP contribution < -0.4 is 11.1 Å². The van der Waals surface area contributed by atoms with E-state index in [0.29, 0.717) is 11.3 Å². The minimum absolute atomic E-state index is 0.132. The van der Waals surface area contributed by atoms with Crippen molar-refractivity contribution in [2.24, 2.45) is 5.16 Å². The van der Waals surface area contributed by atoms with Crippen LogP contribution >= 0.6 is 23.1 Å². The number of carbonyl (C=O) groups excluding carboxylic acids is 2. The molecule has 2 atom stereocenters. The molecule has 0 radical (unpaired) electrons. The number of amides is 2. The van der Waals surface area contributed by atoms with Crippen molar-refractivity contribution in [3.8, 4) is 0 Å². The summed E-state index contributed by atoms with van der Waals surface area (Å²) >= 11 is 2.46. The molecule has 6 rings (SSSR count). The Kier molecular flexibility index (Phi) is 8.24. The summed E-state index contributed by atoms with van der Waals surface area (Å²) in [5.74, 6) is -2.19. The molecule has 4 N–H and O–H groups in total. The van der Waals surface area contributed by atoms with Crippen LogP contribution in [0.1, 0.15) is 22.4 Å². The molecule has 0 bridgehead atoms. The number of anilines is 1. The van der Waals surface area contributed by atoms with Crippen molar-refractivity contribution in [2.45, 2.75) is 17.0 Å². The van der Waals surface area contributed by atoms with Crippen molar-refractivity contribution in [3.05, 3.63) is 143 Å². The van der Waals surface area contributed by atoms with E-state index in [1.165, 1.54) is 22.7 Å². The third-order valence-corrected chi connectivity index (χ3v) is 9.50. The number of benzene rings is 3. The first-order chi connectivity index (χ1) is 21.8. The lowest BCUT2D eigenvalue weighted by Gasteiger charge is -2.49. The average molecular weight is 638 g/mol. The van der Waals surface area contributed by atoms with Crippen LogP contribution in [0.4, 0.5) is 5.13 Å². The molecule has 2 amide bonds. The molecule has 0 spiro atoms. The molecule has 2 aliphatic heterocycles. The summed E-state index contributed by atoms with van der Waals surface area (Å²) in [4.78, 5) is 51.1. The highest BCUT2D eigenvalue weighted by Crippen LogP contribution is 2.42. The number of rotatable bonds is 10. The molecular formula is C33H27N5O5S2. The monoisotopic (exact) mass is 637 g/mol. The summed E-state index contributed by atoms with van der Waals surface area (Å²) in [7, 11) is 0. The minimum Gasteiger partial charge on any atom is -0.477 e. The number of allylic oxidation sites excluding steroid dienone is 1. The molecule has 1 aromatic heterocycles. The maximum atomic E-state index is 13.9. The lowest BCUT2D eigenvalue weighted by molar-refractivity contribution is -0.150. The summed E-state index contributed by atoms with van der Waals surface area (Å²) in [6.45, 7) is 3.67. The van der Waals surface area contributed by atoms with Gasteiger partial charge in [0.15, 0.2) is 10.8 Å². The number of aromatic nitrogens is 1. The van der Waals surface area contributed by atoms with Crippen LogP contribution in [0.3, 0.4) is 0 Å². The second-order valence-electron chi connectivity index (χ2n) is 10.1. The fourth-order valence-corrected chi connectivity index (χ4v) is 7.29. The van der Waals surface area contributed by atoms with Gasteiger partial charge in [0.2, 0.25) is 5.60 Å². The van der Waals surface area contributed by atoms with Gasteiger partial charge >= 0.3 is 5.97 Å². The highest BCUT2D eigenvalue weighted by Gasteiger charge is 2.54. The Labute approximate surface area is 266 Å². The molecule has 3 heterocycles. The number of carboxylic acids is 1. The average Bonchev–Trinajstić information content (AvgIpc) is 3.51. The number of nitrogens with zero attached hydrogens (tertiary/aromatic N) is 3. The first-order valence-corrected chi connectivity index (χ1v) is 15.8. The van der Waals surface area contributed by atoms with Crippen LogP contribution in [-0.4, -0.2) is 55.7 Å². The zero-order valence-electron chi connectivity index (χ0n) is 23.7. The molecule has 12 heteroatoms. The van der Waals surface area contributed by atoms with Gasteiger partial charge in [-0.25, -0.2) is 9.78 Å². The number of β-lactam (4-membered cyclic amide) rings is 1. The van der Waals surface area contributed by atoms with Crippen molar-refractivity contribution in [1.82, 2.24) is 15.2 Å². The zero-order valence-corrected chi connectivity index (χ0v) is 25.3. The van der Waals surface area contributed by atoms with Gasteiger partial charge in [-0.1, -0.05) is 109 Å². The standard InChI is InChI=1S/C33H27N5O5S2/c1-2-20-18-44-30-26(29(40)38(30)27(20)31(41)42)36-28(39)25(24-19-45-32(34)35-24)37-43-33(21-12-6-3-7-13-21,22-14-8-4-9-15-22)23-16-10-5-11-17-23/h2-17,19,26,30H,1,18H2,(H2,34,35)(H,36,39)(H,41,42)/b37-25-/t26?,30-/m0/s1. The van der Waals surface area contributed by atoms with Crippen LogP contribution in [0.15, 0.2) is 125 Å².